The molecule has 74 valence electrons. The second kappa shape index (κ2) is 5.14. The van der Waals surface area contributed by atoms with Crippen LogP contribution in [0.2, 0.25) is 0 Å². The third-order valence-corrected chi connectivity index (χ3v) is 2.40. The van der Waals surface area contributed by atoms with Crippen LogP contribution in [-0.4, -0.2) is 36.4 Å². The fourth-order valence-corrected chi connectivity index (χ4v) is 1.59. The van der Waals surface area contributed by atoms with E-state index in [0.29, 0.717) is 19.0 Å². The Labute approximate surface area is 79.6 Å². The van der Waals surface area contributed by atoms with E-state index in [2.05, 4.69) is 17.1 Å². The summed E-state index contributed by atoms with van der Waals surface area (Å²) in [5, 5.41) is 0. The Kier molecular flexibility index (Phi) is 4.12. The first-order chi connectivity index (χ1) is 6.24. The number of nitrogens with zero attached hydrogens (tertiary/aromatic N) is 1. The average Bonchev–Trinajstić information content (AvgIpc) is 2.15. The highest BCUT2D eigenvalue weighted by Gasteiger charge is 2.16. The molecule has 0 aromatic rings. The summed E-state index contributed by atoms with van der Waals surface area (Å²) < 4.78 is 0. The summed E-state index contributed by atoms with van der Waals surface area (Å²) in [5.41, 5.74) is 5.62. The van der Waals surface area contributed by atoms with E-state index in [4.69, 9.17) is 5.73 Å². The molecule has 0 saturated carbocycles. The summed E-state index contributed by atoms with van der Waals surface area (Å²) in [6.07, 6.45) is 6.03. The van der Waals surface area contributed by atoms with Gasteiger partial charge < -0.3 is 5.73 Å². The van der Waals surface area contributed by atoms with E-state index in [-0.39, 0.29) is 5.78 Å². The molecule has 0 fully saturated rings. The van der Waals surface area contributed by atoms with Gasteiger partial charge in [-0.25, -0.2) is 0 Å². The van der Waals surface area contributed by atoms with Gasteiger partial charge in [-0.05, 0) is 13.3 Å². The normalized spacial score (nSPS) is 23.4. The highest BCUT2D eigenvalue weighted by atomic mass is 16.1. The van der Waals surface area contributed by atoms with Crippen LogP contribution in [0.1, 0.15) is 19.8 Å². The highest BCUT2D eigenvalue weighted by Crippen LogP contribution is 2.09. The maximum Gasteiger partial charge on any atom is 0.131 e. The lowest BCUT2D eigenvalue weighted by Gasteiger charge is -2.30. The maximum absolute atomic E-state index is 10.8. The van der Waals surface area contributed by atoms with Crippen LogP contribution in [0.5, 0.6) is 0 Å². The standard InChI is InChI=1S/C10H18N2O/c1-9(13)5-7-12-6-3-2-4-10(12)8-11/h2,4,10H,3,5-8,11H2,1H3. The summed E-state index contributed by atoms with van der Waals surface area (Å²) in [5.74, 6) is 0.255. The lowest BCUT2D eigenvalue weighted by Crippen LogP contribution is -2.42. The third-order valence-electron chi connectivity index (χ3n) is 2.40. The summed E-state index contributed by atoms with van der Waals surface area (Å²) in [6, 6.07) is 0.341. The lowest BCUT2D eigenvalue weighted by atomic mass is 10.1. The van der Waals surface area contributed by atoms with Crippen molar-refractivity contribution >= 4 is 5.78 Å². The highest BCUT2D eigenvalue weighted by molar-refractivity contribution is 5.75. The largest absolute Gasteiger partial charge is 0.329 e. The van der Waals surface area contributed by atoms with Crippen molar-refractivity contribution in [1.29, 1.82) is 0 Å². The molecular weight excluding hydrogens is 164 g/mol. The van der Waals surface area contributed by atoms with Crippen LogP contribution >= 0.6 is 0 Å². The average molecular weight is 182 g/mol. The number of Topliss-reactive ketones (excluding diaryl/α,β-unsaturated/α-hetero) is 1. The van der Waals surface area contributed by atoms with Crippen LogP contribution in [0.4, 0.5) is 0 Å². The molecule has 1 aliphatic heterocycles. The van der Waals surface area contributed by atoms with Gasteiger partial charge in [-0.2, -0.15) is 0 Å². The molecule has 0 saturated heterocycles. The molecule has 13 heavy (non-hydrogen) atoms. The van der Waals surface area contributed by atoms with Gasteiger partial charge >= 0.3 is 0 Å². The first-order valence-corrected chi connectivity index (χ1v) is 4.84. The summed E-state index contributed by atoms with van der Waals surface area (Å²) in [4.78, 5) is 13.1. The van der Waals surface area contributed by atoms with Gasteiger partial charge in [-0.15, -0.1) is 0 Å². The fraction of sp³-hybridized carbons (Fsp3) is 0.700. The number of carbonyl (C=O) groups is 1. The van der Waals surface area contributed by atoms with E-state index in [1.165, 1.54) is 0 Å². The minimum atomic E-state index is 0.255. The Morgan fingerprint density at radius 1 is 1.69 bits per heavy atom. The van der Waals surface area contributed by atoms with Crippen LogP contribution < -0.4 is 5.73 Å². The Bertz CT molecular complexity index is 201. The number of hydrogen-bond donors (Lipinski definition) is 1. The predicted octanol–water partition coefficient (Wildman–Crippen LogP) is 0.555. The molecule has 1 heterocycles. The zero-order valence-corrected chi connectivity index (χ0v) is 8.20. The molecule has 0 radical (unpaired) electrons. The molecule has 0 aromatic heterocycles. The van der Waals surface area contributed by atoms with Gasteiger partial charge in [0.15, 0.2) is 0 Å². The summed E-state index contributed by atoms with van der Waals surface area (Å²) in [7, 11) is 0. The number of hydrogen-bond acceptors (Lipinski definition) is 3. The Morgan fingerprint density at radius 2 is 2.46 bits per heavy atom. The number of rotatable bonds is 4. The van der Waals surface area contributed by atoms with Gasteiger partial charge in [0.1, 0.15) is 5.78 Å². The molecule has 0 aliphatic carbocycles. The second-order valence-corrected chi connectivity index (χ2v) is 3.51. The SMILES string of the molecule is CC(=O)CCN1CCC=CC1CN. The molecule has 3 heteroatoms. The zero-order chi connectivity index (χ0) is 9.68. The lowest BCUT2D eigenvalue weighted by molar-refractivity contribution is -0.117. The van der Waals surface area contributed by atoms with E-state index in [1.807, 2.05) is 0 Å². The van der Waals surface area contributed by atoms with Gasteiger partial charge in [0.25, 0.3) is 0 Å². The molecule has 1 unspecified atom stereocenters. The molecule has 3 nitrogen and oxygen atoms in total. The summed E-state index contributed by atoms with van der Waals surface area (Å²) in [6.45, 7) is 4.17. The van der Waals surface area contributed by atoms with Gasteiger partial charge in [0, 0.05) is 32.1 Å². The van der Waals surface area contributed by atoms with Gasteiger partial charge in [-0.1, -0.05) is 12.2 Å². The smallest absolute Gasteiger partial charge is 0.131 e. The second-order valence-electron chi connectivity index (χ2n) is 3.51. The zero-order valence-electron chi connectivity index (χ0n) is 8.20. The van der Waals surface area contributed by atoms with Crippen molar-refractivity contribution < 1.29 is 4.79 Å². The Balaban J connectivity index is 2.38. The van der Waals surface area contributed by atoms with E-state index in [1.54, 1.807) is 6.92 Å². The van der Waals surface area contributed by atoms with E-state index in [0.717, 1.165) is 19.5 Å². The fourth-order valence-electron chi connectivity index (χ4n) is 1.59. The van der Waals surface area contributed by atoms with Crippen molar-refractivity contribution in [3.63, 3.8) is 0 Å². The van der Waals surface area contributed by atoms with Gasteiger partial charge in [-0.3, -0.25) is 9.69 Å². The van der Waals surface area contributed by atoms with Gasteiger partial charge in [0.05, 0.1) is 0 Å². The molecule has 1 rings (SSSR count). The van der Waals surface area contributed by atoms with Crippen molar-refractivity contribution in [2.75, 3.05) is 19.6 Å². The number of carbonyl (C=O) groups excluding carboxylic acids is 1. The van der Waals surface area contributed by atoms with Crippen LogP contribution in [0.25, 0.3) is 0 Å². The summed E-state index contributed by atoms with van der Waals surface area (Å²) >= 11 is 0. The molecule has 0 aromatic carbocycles. The predicted molar refractivity (Wildman–Crippen MR) is 53.5 cm³/mol. The van der Waals surface area contributed by atoms with Crippen molar-refractivity contribution in [3.8, 4) is 0 Å². The maximum atomic E-state index is 10.8. The van der Waals surface area contributed by atoms with Crippen molar-refractivity contribution in [2.45, 2.75) is 25.8 Å². The monoisotopic (exact) mass is 182 g/mol. The van der Waals surface area contributed by atoms with Crippen molar-refractivity contribution in [1.82, 2.24) is 4.90 Å². The molecule has 1 aliphatic rings. The van der Waals surface area contributed by atoms with Crippen LogP contribution in [-0.2, 0) is 4.79 Å². The first-order valence-electron chi connectivity index (χ1n) is 4.84. The van der Waals surface area contributed by atoms with E-state index in [9.17, 15) is 4.79 Å². The minimum Gasteiger partial charge on any atom is -0.329 e. The van der Waals surface area contributed by atoms with Crippen LogP contribution in [0.15, 0.2) is 12.2 Å². The van der Waals surface area contributed by atoms with E-state index >= 15 is 0 Å². The quantitative estimate of drug-likeness (QED) is 0.646. The Morgan fingerprint density at radius 3 is 3.08 bits per heavy atom. The topological polar surface area (TPSA) is 46.3 Å². The molecule has 0 spiro atoms. The molecular formula is C10H18N2O. The molecule has 0 bridgehead atoms. The molecule has 0 amide bonds. The van der Waals surface area contributed by atoms with Crippen molar-refractivity contribution in [3.05, 3.63) is 12.2 Å². The number of nitrogens with two attached hydrogens (primary N) is 1. The molecule has 1 atom stereocenters. The van der Waals surface area contributed by atoms with E-state index < -0.39 is 0 Å². The Hall–Kier alpha value is -0.670. The molecule has 2 N–H and O–H groups in total. The van der Waals surface area contributed by atoms with Gasteiger partial charge in [0.2, 0.25) is 0 Å². The third kappa shape index (κ3) is 3.28. The first kappa shape index (κ1) is 10.4. The van der Waals surface area contributed by atoms with Crippen molar-refractivity contribution in [2.24, 2.45) is 5.73 Å². The van der Waals surface area contributed by atoms with Crippen LogP contribution in [0, 0.1) is 0 Å². The minimum absolute atomic E-state index is 0.255. The number of ketones is 1. The van der Waals surface area contributed by atoms with Crippen LogP contribution in [0.3, 0.4) is 0 Å².